The molecule has 0 bridgehead atoms. The Morgan fingerprint density at radius 3 is 1.92 bits per heavy atom. The molecule has 53 heavy (non-hydrogen) atoms. The second-order valence-corrected chi connectivity index (χ2v) is 10.7. The van der Waals surface area contributed by atoms with Crippen molar-refractivity contribution in [2.45, 2.75) is 13.8 Å². The minimum atomic E-state index is 0. The molecule has 0 atom stereocenters. The number of hydrogen-bond donors (Lipinski definition) is 0. The zero-order valence-electron chi connectivity index (χ0n) is 28.4. The molecule has 3 heterocycles. The monoisotopic (exact) mass is 1230 g/mol. The van der Waals surface area contributed by atoms with Crippen molar-refractivity contribution < 1.29 is 60.3 Å². The molecule has 0 unspecified atom stereocenters. The van der Waals surface area contributed by atoms with Crippen molar-refractivity contribution in [2.75, 3.05) is 0 Å². The molecule has 0 N–H and O–H groups in total. The van der Waals surface area contributed by atoms with Crippen molar-refractivity contribution in [3.63, 3.8) is 0 Å². The van der Waals surface area contributed by atoms with Crippen LogP contribution in [-0.4, -0.2) is 29.3 Å². The van der Waals surface area contributed by atoms with Gasteiger partial charge < -0.3 is 4.85 Å². The van der Waals surface area contributed by atoms with E-state index in [1.165, 1.54) is 4.68 Å². The van der Waals surface area contributed by atoms with E-state index in [0.717, 1.165) is 39.3 Å². The minimum absolute atomic E-state index is 0. The molecular formula is C40H27Ir3N10-3. The summed E-state index contributed by atoms with van der Waals surface area (Å²) in [5.41, 5.74) is 8.83. The minimum Gasteiger partial charge on any atom is -0.363 e. The van der Waals surface area contributed by atoms with Crippen LogP contribution in [0, 0.1) is 67.9 Å². The Hall–Kier alpha value is -5.58. The molecule has 0 aliphatic heterocycles. The third-order valence-electron chi connectivity index (χ3n) is 7.29. The zero-order valence-corrected chi connectivity index (χ0v) is 35.5. The van der Waals surface area contributed by atoms with Crippen molar-refractivity contribution in [1.29, 1.82) is 10.5 Å². The molecule has 10 nitrogen and oxygen atoms in total. The maximum atomic E-state index is 9.17. The average Bonchev–Trinajstić information content (AvgIpc) is 3.91. The summed E-state index contributed by atoms with van der Waals surface area (Å²) in [5.74, 6) is 0.539. The van der Waals surface area contributed by atoms with Crippen LogP contribution >= 0.6 is 0 Å². The fourth-order valence-electron chi connectivity index (χ4n) is 4.94. The van der Waals surface area contributed by atoms with Gasteiger partial charge >= 0.3 is 0 Å². The summed E-state index contributed by atoms with van der Waals surface area (Å²) in [6.45, 7) is 17.9. The maximum absolute atomic E-state index is 9.17. The summed E-state index contributed by atoms with van der Waals surface area (Å²) in [6.07, 6.45) is 1.66. The summed E-state index contributed by atoms with van der Waals surface area (Å²) in [6, 6.07) is 44.8. The van der Waals surface area contributed by atoms with Crippen LogP contribution in [0.2, 0.25) is 0 Å². The Morgan fingerprint density at radius 1 is 0.679 bits per heavy atom. The third-order valence-corrected chi connectivity index (χ3v) is 7.29. The molecule has 3 aromatic heterocycles. The predicted molar refractivity (Wildman–Crippen MR) is 189 cm³/mol. The summed E-state index contributed by atoms with van der Waals surface area (Å²) < 4.78 is 4.88. The van der Waals surface area contributed by atoms with E-state index in [1.807, 2.05) is 66.7 Å². The van der Waals surface area contributed by atoms with Crippen LogP contribution in [-0.2, 0) is 67.4 Å². The van der Waals surface area contributed by atoms with Gasteiger partial charge in [0, 0.05) is 83.8 Å². The Labute approximate surface area is 349 Å². The first kappa shape index (κ1) is 43.6. The van der Waals surface area contributed by atoms with Crippen molar-refractivity contribution in [1.82, 2.24) is 29.3 Å². The summed E-state index contributed by atoms with van der Waals surface area (Å²) >= 11 is 0. The fraction of sp³-hybridized carbons (Fsp3) is 0.0750. The Balaban J connectivity index is 0.000000274. The largest absolute Gasteiger partial charge is 0.363 e. The zero-order chi connectivity index (χ0) is 35.5. The number of nitrogens with zero attached hydrogens (tertiary/aromatic N) is 10. The van der Waals surface area contributed by atoms with Gasteiger partial charge in [-0.15, -0.1) is 48.0 Å². The molecule has 0 fully saturated rings. The van der Waals surface area contributed by atoms with Gasteiger partial charge in [-0.2, -0.15) is 68.3 Å². The van der Waals surface area contributed by atoms with Gasteiger partial charge in [0.15, 0.2) is 11.4 Å². The third kappa shape index (κ3) is 11.0. The van der Waals surface area contributed by atoms with Gasteiger partial charge in [0.1, 0.15) is 12.1 Å². The molecule has 7 aromatic rings. The number of aryl methyl sites for hydroxylation is 3. The molecule has 267 valence electrons. The van der Waals surface area contributed by atoms with Crippen molar-refractivity contribution in [2.24, 2.45) is 7.05 Å². The number of aromatic nitrogens is 6. The Bertz CT molecular complexity index is 2400. The van der Waals surface area contributed by atoms with Gasteiger partial charge in [-0.25, -0.2) is 4.68 Å². The van der Waals surface area contributed by atoms with E-state index in [9.17, 15) is 5.26 Å². The number of rotatable bonds is 4. The van der Waals surface area contributed by atoms with E-state index >= 15 is 0 Å². The quantitative estimate of drug-likeness (QED) is 0.165. The standard InChI is InChI=1S/C18H14N3.C11H5N4.C11H8N3.3Ir/c1-13-7-6-8-14(2)18(13)17-11-15(12-19)20-21(17)16-9-4-3-5-10-16;1-13-9-3-2-4-11(7-9)15-6-5-10(8-12)14-15;1-12-11-8-10(13-14(11)2)9-6-4-3-5-7-9;;;/h3-9,11H,1-2H3;2-3,5-7H;3-6,8H,2H3;;;/q3*-1;;;. The van der Waals surface area contributed by atoms with Crippen molar-refractivity contribution >= 4 is 11.5 Å². The molecule has 4 aromatic carbocycles. The first-order valence-corrected chi connectivity index (χ1v) is 15.1. The molecule has 0 amide bonds. The van der Waals surface area contributed by atoms with Gasteiger partial charge in [-0.1, -0.05) is 36.5 Å². The van der Waals surface area contributed by atoms with Crippen LogP contribution in [0.5, 0.6) is 0 Å². The number of nitriles is 2. The summed E-state index contributed by atoms with van der Waals surface area (Å²) in [4.78, 5) is 6.66. The molecular weight excluding hydrogens is 1200 g/mol. The number of benzene rings is 4. The first-order chi connectivity index (χ1) is 24.3. The van der Waals surface area contributed by atoms with Gasteiger partial charge in [-0.05, 0) is 36.7 Å². The molecule has 0 aliphatic rings. The van der Waals surface area contributed by atoms with E-state index < -0.39 is 0 Å². The van der Waals surface area contributed by atoms with Crippen molar-refractivity contribution in [3.8, 4) is 46.0 Å². The van der Waals surface area contributed by atoms with Crippen LogP contribution < -0.4 is 0 Å². The summed E-state index contributed by atoms with van der Waals surface area (Å²) in [5, 5.41) is 30.4. The topological polar surface area (TPSA) is 110 Å². The molecule has 3 radical (unpaired) electrons. The second kappa shape index (κ2) is 21.1. The number of para-hydroxylation sites is 1. The van der Waals surface area contributed by atoms with Crippen LogP contribution in [0.1, 0.15) is 22.5 Å². The number of hydrogen-bond acceptors (Lipinski definition) is 5. The maximum Gasteiger partial charge on any atom is 0.242 e. The van der Waals surface area contributed by atoms with Crippen molar-refractivity contribution in [3.05, 3.63) is 173 Å². The van der Waals surface area contributed by atoms with Crippen LogP contribution in [0.3, 0.4) is 0 Å². The van der Waals surface area contributed by atoms with E-state index in [0.29, 0.717) is 28.6 Å². The molecule has 13 heteroatoms. The van der Waals surface area contributed by atoms with E-state index in [2.05, 4.69) is 75.2 Å². The second-order valence-electron chi connectivity index (χ2n) is 10.7. The van der Waals surface area contributed by atoms with E-state index in [-0.39, 0.29) is 60.3 Å². The Kier molecular flexibility index (Phi) is 17.3. The normalized spacial score (nSPS) is 9.26. The van der Waals surface area contributed by atoms with Gasteiger partial charge in [0.2, 0.25) is 5.82 Å². The molecule has 0 saturated heterocycles. The van der Waals surface area contributed by atoms with Crippen LogP contribution in [0.4, 0.5) is 11.5 Å². The molecule has 7 rings (SSSR count). The van der Waals surface area contributed by atoms with Gasteiger partial charge in [0.05, 0.1) is 25.0 Å². The predicted octanol–water partition coefficient (Wildman–Crippen LogP) is 8.35. The first-order valence-electron chi connectivity index (χ1n) is 15.1. The smallest absolute Gasteiger partial charge is 0.242 e. The van der Waals surface area contributed by atoms with Crippen LogP contribution in [0.25, 0.3) is 43.6 Å². The van der Waals surface area contributed by atoms with Gasteiger partial charge in [0.25, 0.3) is 0 Å². The molecule has 0 aliphatic carbocycles. The fourth-order valence-corrected chi connectivity index (χ4v) is 4.94. The molecule has 0 saturated carbocycles. The van der Waals surface area contributed by atoms with Crippen LogP contribution in [0.15, 0.2) is 109 Å². The van der Waals surface area contributed by atoms with E-state index in [4.69, 9.17) is 18.4 Å². The Morgan fingerprint density at radius 2 is 1.36 bits per heavy atom. The summed E-state index contributed by atoms with van der Waals surface area (Å²) in [7, 11) is 1.76. The molecule has 0 spiro atoms. The SMILES string of the molecule is Cc1cccc(C)c1-c1cc(C#N)nn1-c1[c-]cccc1.[C-]#[N+]c1cc(-c2[c-]cccc2)nn1C.[C-]#[N+]c1cc[c-]c(-n2ccc(C#N)n2)c1.[Ir].[Ir].[Ir]. The van der Waals surface area contributed by atoms with E-state index in [1.54, 1.807) is 52.9 Å². The average molecular weight is 1220 g/mol. The van der Waals surface area contributed by atoms with Gasteiger partial charge in [-0.3, -0.25) is 14.2 Å².